The fourth-order valence-electron chi connectivity index (χ4n) is 3.15. The lowest BCUT2D eigenvalue weighted by molar-refractivity contribution is 0.102. The number of ether oxygens (including phenoxy) is 2. The van der Waals surface area contributed by atoms with Crippen molar-refractivity contribution < 1.29 is 14.3 Å². The molecule has 8 nitrogen and oxygen atoms in total. The second-order valence-electron chi connectivity index (χ2n) is 7.20. The number of amides is 1. The van der Waals surface area contributed by atoms with Crippen LogP contribution >= 0.6 is 0 Å². The predicted octanol–water partition coefficient (Wildman–Crippen LogP) is 5.50. The van der Waals surface area contributed by atoms with Crippen LogP contribution in [0.25, 0.3) is 5.82 Å². The first-order chi connectivity index (χ1) is 16.7. The predicted molar refractivity (Wildman–Crippen MR) is 127 cm³/mol. The van der Waals surface area contributed by atoms with E-state index >= 15 is 0 Å². The van der Waals surface area contributed by atoms with Crippen LogP contribution in [0.3, 0.4) is 0 Å². The fourth-order valence-corrected chi connectivity index (χ4v) is 3.15. The Bertz CT molecular complexity index is 1370. The highest BCUT2D eigenvalue weighted by molar-refractivity contribution is 6.04. The van der Waals surface area contributed by atoms with Crippen molar-refractivity contribution in [1.82, 2.24) is 19.5 Å². The van der Waals surface area contributed by atoms with Crippen molar-refractivity contribution in [3.63, 3.8) is 0 Å². The van der Waals surface area contributed by atoms with Gasteiger partial charge in [0.25, 0.3) is 5.91 Å². The average Bonchev–Trinajstić information content (AvgIpc) is 3.42. The van der Waals surface area contributed by atoms with Gasteiger partial charge in [0.15, 0.2) is 0 Å². The van der Waals surface area contributed by atoms with Crippen LogP contribution in [0.1, 0.15) is 10.4 Å². The van der Waals surface area contributed by atoms with Gasteiger partial charge in [0, 0.05) is 29.7 Å². The van der Waals surface area contributed by atoms with Gasteiger partial charge in [-0.05, 0) is 60.7 Å². The topological polar surface area (TPSA) is 91.2 Å². The van der Waals surface area contributed by atoms with E-state index in [0.29, 0.717) is 34.4 Å². The number of anilines is 1. The Balaban J connectivity index is 1.20. The Morgan fingerprint density at radius 1 is 0.794 bits per heavy atom. The summed E-state index contributed by atoms with van der Waals surface area (Å²) >= 11 is 0. The summed E-state index contributed by atoms with van der Waals surface area (Å²) in [7, 11) is 0. The normalized spacial score (nSPS) is 10.5. The molecule has 0 fully saturated rings. The molecule has 0 saturated heterocycles. The molecule has 5 rings (SSSR count). The zero-order valence-corrected chi connectivity index (χ0v) is 17.9. The van der Waals surface area contributed by atoms with Crippen LogP contribution in [0.5, 0.6) is 23.1 Å². The van der Waals surface area contributed by atoms with Gasteiger partial charge in [-0.3, -0.25) is 9.36 Å². The minimum atomic E-state index is -0.222. The van der Waals surface area contributed by atoms with Crippen LogP contribution in [-0.4, -0.2) is 25.4 Å². The minimum absolute atomic E-state index is 0.222. The summed E-state index contributed by atoms with van der Waals surface area (Å²) in [5.41, 5.74) is 1.16. The Kier molecular flexibility index (Phi) is 5.94. The Morgan fingerprint density at radius 3 is 2.24 bits per heavy atom. The lowest BCUT2D eigenvalue weighted by Gasteiger charge is -2.09. The van der Waals surface area contributed by atoms with Crippen LogP contribution in [0.2, 0.25) is 0 Å². The van der Waals surface area contributed by atoms with E-state index in [2.05, 4.69) is 20.3 Å². The first-order valence-corrected chi connectivity index (χ1v) is 10.5. The van der Waals surface area contributed by atoms with Gasteiger partial charge in [0.05, 0.1) is 0 Å². The maximum atomic E-state index is 12.6. The number of hydrogen-bond donors (Lipinski definition) is 1. The number of carbonyl (C=O) groups excluding carboxylic acids is 1. The third-order valence-electron chi connectivity index (χ3n) is 4.83. The summed E-state index contributed by atoms with van der Waals surface area (Å²) in [4.78, 5) is 25.0. The number of aromatic nitrogens is 4. The van der Waals surface area contributed by atoms with Crippen LogP contribution < -0.4 is 14.8 Å². The van der Waals surface area contributed by atoms with Crippen LogP contribution in [0.15, 0.2) is 110 Å². The third-order valence-corrected chi connectivity index (χ3v) is 4.83. The molecule has 0 atom stereocenters. The highest BCUT2D eigenvalue weighted by Crippen LogP contribution is 2.24. The van der Waals surface area contributed by atoms with Crippen molar-refractivity contribution in [3.05, 3.63) is 116 Å². The minimum Gasteiger partial charge on any atom is -0.457 e. The first kappa shape index (κ1) is 20.9. The van der Waals surface area contributed by atoms with E-state index in [9.17, 15) is 4.79 Å². The maximum absolute atomic E-state index is 12.6. The molecule has 166 valence electrons. The van der Waals surface area contributed by atoms with Gasteiger partial charge in [0.1, 0.15) is 35.7 Å². The van der Waals surface area contributed by atoms with E-state index in [4.69, 9.17) is 9.47 Å². The SMILES string of the molecule is O=C(Nc1ccc(Oc2cc(-n3ccnc3)ncn2)cc1)c1ccc(Oc2ccccc2)cc1. The molecule has 0 radical (unpaired) electrons. The van der Waals surface area contributed by atoms with Gasteiger partial charge in [-0.25, -0.2) is 15.0 Å². The monoisotopic (exact) mass is 449 g/mol. The fraction of sp³-hybridized carbons (Fsp3) is 0. The standard InChI is InChI=1S/C26H19N5O3/c32-26(19-6-10-22(11-7-19)33-21-4-2-1-3-5-21)30-20-8-12-23(13-9-20)34-25-16-24(28-17-29-25)31-15-14-27-18-31/h1-18H,(H,30,32). The van der Waals surface area contributed by atoms with E-state index in [1.54, 1.807) is 77.9 Å². The summed E-state index contributed by atoms with van der Waals surface area (Å²) < 4.78 is 13.3. The molecule has 0 aliphatic carbocycles. The number of hydrogen-bond acceptors (Lipinski definition) is 6. The molecule has 0 aliphatic rings. The maximum Gasteiger partial charge on any atom is 0.255 e. The van der Waals surface area contributed by atoms with Crippen molar-refractivity contribution in [2.24, 2.45) is 0 Å². The summed E-state index contributed by atoms with van der Waals surface area (Å²) in [6.45, 7) is 0. The summed E-state index contributed by atoms with van der Waals surface area (Å²) in [6.07, 6.45) is 6.53. The van der Waals surface area contributed by atoms with Gasteiger partial charge in [-0.2, -0.15) is 0 Å². The third kappa shape index (κ3) is 5.08. The number of nitrogens with zero attached hydrogens (tertiary/aromatic N) is 4. The molecular weight excluding hydrogens is 430 g/mol. The van der Waals surface area contributed by atoms with Gasteiger partial charge >= 0.3 is 0 Å². The highest BCUT2D eigenvalue weighted by Gasteiger charge is 2.08. The van der Waals surface area contributed by atoms with Gasteiger partial charge in [-0.1, -0.05) is 18.2 Å². The summed E-state index contributed by atoms with van der Waals surface area (Å²) in [5, 5.41) is 2.87. The largest absolute Gasteiger partial charge is 0.457 e. The Hall–Kier alpha value is -4.98. The number of para-hydroxylation sites is 1. The quantitative estimate of drug-likeness (QED) is 0.353. The molecule has 3 aromatic carbocycles. The average molecular weight is 449 g/mol. The molecule has 2 aromatic heterocycles. The first-order valence-electron chi connectivity index (χ1n) is 10.5. The smallest absolute Gasteiger partial charge is 0.255 e. The van der Waals surface area contributed by atoms with Gasteiger partial charge in [-0.15, -0.1) is 0 Å². The molecular formula is C26H19N5O3. The molecule has 1 amide bonds. The number of rotatable bonds is 7. The summed E-state index contributed by atoms with van der Waals surface area (Å²) in [5.74, 6) is 2.79. The van der Waals surface area contributed by atoms with Crippen molar-refractivity contribution in [1.29, 1.82) is 0 Å². The zero-order chi connectivity index (χ0) is 23.2. The lowest BCUT2D eigenvalue weighted by atomic mass is 10.2. The second-order valence-corrected chi connectivity index (χ2v) is 7.20. The highest BCUT2D eigenvalue weighted by atomic mass is 16.5. The van der Waals surface area contributed by atoms with Crippen molar-refractivity contribution in [3.8, 4) is 28.9 Å². The molecule has 0 saturated carbocycles. The molecule has 2 heterocycles. The van der Waals surface area contributed by atoms with Crippen molar-refractivity contribution in [2.45, 2.75) is 0 Å². The van der Waals surface area contributed by atoms with E-state index in [-0.39, 0.29) is 5.91 Å². The lowest BCUT2D eigenvalue weighted by Crippen LogP contribution is -2.11. The van der Waals surface area contributed by atoms with Crippen molar-refractivity contribution in [2.75, 3.05) is 5.32 Å². The molecule has 1 N–H and O–H groups in total. The van der Waals surface area contributed by atoms with E-state index in [1.807, 2.05) is 30.3 Å². The zero-order valence-electron chi connectivity index (χ0n) is 17.9. The van der Waals surface area contributed by atoms with Crippen LogP contribution in [0, 0.1) is 0 Å². The van der Waals surface area contributed by atoms with Gasteiger partial charge < -0.3 is 14.8 Å². The van der Waals surface area contributed by atoms with E-state index in [1.165, 1.54) is 6.33 Å². The van der Waals surface area contributed by atoms with Crippen LogP contribution in [0.4, 0.5) is 5.69 Å². The van der Waals surface area contributed by atoms with Crippen molar-refractivity contribution >= 4 is 11.6 Å². The molecule has 5 aromatic rings. The summed E-state index contributed by atoms with van der Waals surface area (Å²) in [6, 6.07) is 25.2. The number of benzene rings is 3. The molecule has 0 unspecified atom stereocenters. The molecule has 34 heavy (non-hydrogen) atoms. The van der Waals surface area contributed by atoms with Gasteiger partial charge in [0.2, 0.25) is 5.88 Å². The number of nitrogens with one attached hydrogen (secondary N) is 1. The molecule has 8 heteroatoms. The number of carbonyl (C=O) groups is 1. The Morgan fingerprint density at radius 2 is 1.50 bits per heavy atom. The number of imidazole rings is 1. The van der Waals surface area contributed by atoms with E-state index in [0.717, 1.165) is 5.75 Å². The van der Waals surface area contributed by atoms with Crippen LogP contribution in [-0.2, 0) is 0 Å². The Labute approximate surface area is 195 Å². The second kappa shape index (κ2) is 9.66. The molecule has 0 spiro atoms. The van der Waals surface area contributed by atoms with E-state index < -0.39 is 0 Å². The molecule has 0 aliphatic heterocycles. The molecule has 0 bridgehead atoms.